The lowest BCUT2D eigenvalue weighted by molar-refractivity contribution is 0.282. The van der Waals surface area contributed by atoms with E-state index in [1.807, 2.05) is 19.1 Å². The van der Waals surface area contributed by atoms with Gasteiger partial charge in [0.15, 0.2) is 0 Å². The van der Waals surface area contributed by atoms with Crippen molar-refractivity contribution in [2.75, 3.05) is 7.05 Å². The van der Waals surface area contributed by atoms with Crippen LogP contribution in [0.15, 0.2) is 53.4 Å². The van der Waals surface area contributed by atoms with Gasteiger partial charge in [-0.25, -0.2) is 8.42 Å². The van der Waals surface area contributed by atoms with Crippen molar-refractivity contribution < 1.29 is 13.5 Å². The zero-order valence-electron chi connectivity index (χ0n) is 12.2. The van der Waals surface area contributed by atoms with Gasteiger partial charge in [-0.15, -0.1) is 0 Å². The Morgan fingerprint density at radius 3 is 2.00 bits per heavy atom. The topological polar surface area (TPSA) is 57.6 Å². The van der Waals surface area contributed by atoms with Gasteiger partial charge in [0.1, 0.15) is 0 Å². The second-order valence-corrected chi connectivity index (χ2v) is 7.09. The fraction of sp³-hybridized carbons (Fsp3) is 0.250. The Balaban J connectivity index is 2.17. The van der Waals surface area contributed by atoms with Gasteiger partial charge in [-0.1, -0.05) is 42.0 Å². The van der Waals surface area contributed by atoms with Gasteiger partial charge in [0.05, 0.1) is 11.5 Å². The highest BCUT2D eigenvalue weighted by molar-refractivity contribution is 7.89. The number of benzene rings is 2. The minimum absolute atomic E-state index is 0.0161. The molecule has 0 saturated heterocycles. The first-order chi connectivity index (χ1) is 9.93. The smallest absolute Gasteiger partial charge is 0.243 e. The minimum atomic E-state index is -3.49. The Bertz CT molecular complexity index is 691. The maximum absolute atomic E-state index is 12.5. The highest BCUT2D eigenvalue weighted by Crippen LogP contribution is 2.17. The molecule has 0 unspecified atom stereocenters. The van der Waals surface area contributed by atoms with E-state index in [-0.39, 0.29) is 6.61 Å². The van der Waals surface area contributed by atoms with Crippen LogP contribution < -0.4 is 0 Å². The molecule has 0 spiro atoms. The van der Waals surface area contributed by atoms with Crippen LogP contribution in [0.1, 0.15) is 16.7 Å². The lowest BCUT2D eigenvalue weighted by Gasteiger charge is -2.17. The molecule has 0 radical (unpaired) electrons. The molecule has 21 heavy (non-hydrogen) atoms. The zero-order chi connectivity index (χ0) is 15.5. The van der Waals surface area contributed by atoms with E-state index in [1.165, 1.54) is 4.31 Å². The molecule has 1 N–H and O–H groups in total. The fourth-order valence-electron chi connectivity index (χ4n) is 1.98. The van der Waals surface area contributed by atoms with Crippen LogP contribution in [0.5, 0.6) is 0 Å². The molecule has 0 saturated carbocycles. The van der Waals surface area contributed by atoms with E-state index in [2.05, 4.69) is 0 Å². The summed E-state index contributed by atoms with van der Waals surface area (Å²) in [7, 11) is -1.92. The normalized spacial score (nSPS) is 11.8. The SMILES string of the molecule is Cc1ccc(S(=O)(=O)N(C)Cc2ccc(CO)cc2)cc1. The molecule has 4 nitrogen and oxygen atoms in total. The predicted octanol–water partition coefficient (Wildman–Crippen LogP) is 2.31. The Morgan fingerprint density at radius 1 is 0.952 bits per heavy atom. The van der Waals surface area contributed by atoms with E-state index in [0.717, 1.165) is 16.7 Å². The summed E-state index contributed by atoms with van der Waals surface area (Å²) in [6, 6.07) is 14.1. The number of hydrogen-bond acceptors (Lipinski definition) is 3. The summed E-state index contributed by atoms with van der Waals surface area (Å²) in [5, 5.41) is 9.00. The third-order valence-corrected chi connectivity index (χ3v) is 5.16. The number of aliphatic hydroxyl groups is 1. The lowest BCUT2D eigenvalue weighted by atomic mass is 10.1. The Kier molecular flexibility index (Phi) is 4.77. The molecule has 0 fully saturated rings. The summed E-state index contributed by atoms with van der Waals surface area (Å²) in [6.07, 6.45) is 0. The summed E-state index contributed by atoms with van der Waals surface area (Å²) < 4.78 is 26.2. The van der Waals surface area contributed by atoms with Gasteiger partial charge in [0, 0.05) is 13.6 Å². The first-order valence-corrected chi connectivity index (χ1v) is 8.09. The predicted molar refractivity (Wildman–Crippen MR) is 82.2 cm³/mol. The van der Waals surface area contributed by atoms with E-state index in [1.54, 1.807) is 43.4 Å². The molecule has 0 amide bonds. The number of aryl methyl sites for hydroxylation is 1. The first-order valence-electron chi connectivity index (χ1n) is 6.65. The highest BCUT2D eigenvalue weighted by atomic mass is 32.2. The van der Waals surface area contributed by atoms with Crippen LogP contribution in [0.25, 0.3) is 0 Å². The molecule has 5 heteroatoms. The third-order valence-electron chi connectivity index (χ3n) is 3.34. The van der Waals surface area contributed by atoms with E-state index < -0.39 is 10.0 Å². The van der Waals surface area contributed by atoms with E-state index in [9.17, 15) is 8.42 Å². The largest absolute Gasteiger partial charge is 0.392 e. The Morgan fingerprint density at radius 2 is 1.48 bits per heavy atom. The highest BCUT2D eigenvalue weighted by Gasteiger charge is 2.20. The van der Waals surface area contributed by atoms with Crippen LogP contribution in [0, 0.1) is 6.92 Å². The van der Waals surface area contributed by atoms with Gasteiger partial charge in [0.2, 0.25) is 10.0 Å². The van der Waals surface area contributed by atoms with Crippen LogP contribution in [0.2, 0.25) is 0 Å². The number of nitrogens with zero attached hydrogens (tertiary/aromatic N) is 1. The van der Waals surface area contributed by atoms with Crippen molar-refractivity contribution in [3.63, 3.8) is 0 Å². The third kappa shape index (κ3) is 3.69. The van der Waals surface area contributed by atoms with Gasteiger partial charge in [0.25, 0.3) is 0 Å². The summed E-state index contributed by atoms with van der Waals surface area (Å²) >= 11 is 0. The van der Waals surface area contributed by atoms with E-state index in [0.29, 0.717) is 11.4 Å². The maximum atomic E-state index is 12.5. The van der Waals surface area contributed by atoms with Crippen molar-refractivity contribution in [2.24, 2.45) is 0 Å². The monoisotopic (exact) mass is 305 g/mol. The molecule has 2 aromatic carbocycles. The molecular formula is C16H19NO3S. The van der Waals surface area contributed by atoms with Crippen molar-refractivity contribution >= 4 is 10.0 Å². The lowest BCUT2D eigenvalue weighted by Crippen LogP contribution is -2.26. The van der Waals surface area contributed by atoms with Gasteiger partial charge in [-0.05, 0) is 30.2 Å². The van der Waals surface area contributed by atoms with Crippen molar-refractivity contribution in [3.05, 3.63) is 65.2 Å². The number of aliphatic hydroxyl groups excluding tert-OH is 1. The Hall–Kier alpha value is -1.69. The van der Waals surface area contributed by atoms with Crippen molar-refractivity contribution in [1.29, 1.82) is 0 Å². The standard InChI is InChI=1S/C16H19NO3S/c1-13-3-9-16(10-4-13)21(19,20)17(2)11-14-5-7-15(12-18)8-6-14/h3-10,18H,11-12H2,1-2H3. The molecule has 0 aliphatic carbocycles. The molecule has 0 heterocycles. The van der Waals surface area contributed by atoms with Crippen molar-refractivity contribution in [2.45, 2.75) is 25.0 Å². The summed E-state index contributed by atoms with van der Waals surface area (Å²) in [5.74, 6) is 0. The zero-order valence-corrected chi connectivity index (χ0v) is 13.0. The second-order valence-electron chi connectivity index (χ2n) is 5.05. The van der Waals surface area contributed by atoms with E-state index in [4.69, 9.17) is 5.11 Å². The summed E-state index contributed by atoms with van der Waals surface area (Å²) in [6.45, 7) is 2.20. The van der Waals surface area contributed by atoms with Gasteiger partial charge in [-0.3, -0.25) is 0 Å². The van der Waals surface area contributed by atoms with Crippen molar-refractivity contribution in [1.82, 2.24) is 4.31 Å². The van der Waals surface area contributed by atoms with E-state index >= 15 is 0 Å². The van der Waals surface area contributed by atoms with Crippen LogP contribution in [-0.4, -0.2) is 24.9 Å². The molecule has 0 aliphatic rings. The first kappa shape index (κ1) is 15.7. The summed E-state index contributed by atoms with van der Waals surface area (Å²) in [4.78, 5) is 0.294. The van der Waals surface area contributed by atoms with Crippen LogP contribution in [0.4, 0.5) is 0 Å². The second kappa shape index (κ2) is 6.39. The quantitative estimate of drug-likeness (QED) is 0.922. The Labute approximate surface area is 125 Å². The van der Waals surface area contributed by atoms with Gasteiger partial charge < -0.3 is 5.11 Å². The number of hydrogen-bond donors (Lipinski definition) is 1. The van der Waals surface area contributed by atoms with Gasteiger partial charge >= 0.3 is 0 Å². The molecule has 0 atom stereocenters. The van der Waals surface area contributed by atoms with Gasteiger partial charge in [-0.2, -0.15) is 4.31 Å². The maximum Gasteiger partial charge on any atom is 0.243 e. The van der Waals surface area contributed by atoms with Crippen LogP contribution in [0.3, 0.4) is 0 Å². The number of sulfonamides is 1. The summed E-state index contributed by atoms with van der Waals surface area (Å²) in [5.41, 5.74) is 2.71. The average Bonchev–Trinajstić information content (AvgIpc) is 2.48. The molecule has 2 aromatic rings. The number of rotatable bonds is 5. The average molecular weight is 305 g/mol. The van der Waals surface area contributed by atoms with Crippen LogP contribution >= 0.6 is 0 Å². The molecule has 2 rings (SSSR count). The minimum Gasteiger partial charge on any atom is -0.392 e. The fourth-order valence-corrected chi connectivity index (χ4v) is 3.14. The van der Waals surface area contributed by atoms with Crippen LogP contribution in [-0.2, 0) is 23.2 Å². The molecule has 0 aliphatic heterocycles. The molecule has 112 valence electrons. The van der Waals surface area contributed by atoms with Crippen molar-refractivity contribution in [3.8, 4) is 0 Å². The molecular weight excluding hydrogens is 286 g/mol. The molecule has 0 aromatic heterocycles. The molecule has 0 bridgehead atoms.